The van der Waals surface area contributed by atoms with E-state index in [-0.39, 0.29) is 12.5 Å². The average Bonchev–Trinajstić information content (AvgIpc) is 2.45. The lowest BCUT2D eigenvalue weighted by atomic mass is 10.0. The number of hydrogen-bond donors (Lipinski definition) is 2. The number of nitrogens with zero attached hydrogens (tertiary/aromatic N) is 1. The number of fused-ring (bicyclic) bond motifs is 1. The first-order valence-electron chi connectivity index (χ1n) is 6.86. The summed E-state index contributed by atoms with van der Waals surface area (Å²) in [7, 11) is 0. The van der Waals surface area contributed by atoms with Gasteiger partial charge in [0.05, 0.1) is 5.52 Å². The number of carbonyl (C=O) groups is 2. The van der Waals surface area contributed by atoms with Crippen LogP contribution in [0.15, 0.2) is 30.3 Å². The van der Waals surface area contributed by atoms with Gasteiger partial charge >= 0.3 is 5.97 Å². The summed E-state index contributed by atoms with van der Waals surface area (Å²) in [4.78, 5) is 25.7. The van der Waals surface area contributed by atoms with Crippen molar-refractivity contribution in [2.45, 2.75) is 32.2 Å². The minimum absolute atomic E-state index is 0.0415. The molecule has 0 bridgehead atoms. The summed E-state index contributed by atoms with van der Waals surface area (Å²) in [5, 5.41) is 12.5. The Balaban J connectivity index is 2.13. The van der Waals surface area contributed by atoms with Crippen LogP contribution >= 0.6 is 0 Å². The SMILES string of the molecule is Cc1ccc2cc(CC(CCC(=O)O)NC=O)ccc2n1. The number of nitrogens with one attached hydrogen (secondary N) is 1. The number of benzene rings is 1. The van der Waals surface area contributed by atoms with Gasteiger partial charge < -0.3 is 10.4 Å². The smallest absolute Gasteiger partial charge is 0.303 e. The first kappa shape index (κ1) is 15.0. The summed E-state index contributed by atoms with van der Waals surface area (Å²) in [6.45, 7) is 1.95. The maximum absolute atomic E-state index is 10.6. The molecule has 0 radical (unpaired) electrons. The summed E-state index contributed by atoms with van der Waals surface area (Å²) >= 11 is 0. The fourth-order valence-electron chi connectivity index (χ4n) is 2.33. The van der Waals surface area contributed by atoms with Gasteiger partial charge in [-0.2, -0.15) is 0 Å². The van der Waals surface area contributed by atoms with Crippen molar-refractivity contribution in [2.75, 3.05) is 0 Å². The zero-order valence-electron chi connectivity index (χ0n) is 11.9. The fourth-order valence-corrected chi connectivity index (χ4v) is 2.33. The van der Waals surface area contributed by atoms with E-state index in [1.165, 1.54) is 0 Å². The van der Waals surface area contributed by atoms with Gasteiger partial charge in [0.25, 0.3) is 0 Å². The normalized spacial score (nSPS) is 12.0. The summed E-state index contributed by atoms with van der Waals surface area (Å²) in [6, 6.07) is 9.75. The molecule has 0 spiro atoms. The Morgan fingerprint density at radius 3 is 2.90 bits per heavy atom. The maximum Gasteiger partial charge on any atom is 0.303 e. The molecule has 1 aromatic carbocycles. The van der Waals surface area contributed by atoms with E-state index in [4.69, 9.17) is 5.11 Å². The lowest BCUT2D eigenvalue weighted by Crippen LogP contribution is -2.30. The van der Waals surface area contributed by atoms with E-state index >= 15 is 0 Å². The summed E-state index contributed by atoms with van der Waals surface area (Å²) < 4.78 is 0. The molecule has 110 valence electrons. The van der Waals surface area contributed by atoms with Crippen LogP contribution in [0.4, 0.5) is 0 Å². The van der Waals surface area contributed by atoms with Crippen LogP contribution in [0.3, 0.4) is 0 Å². The third-order valence-electron chi connectivity index (χ3n) is 3.39. The minimum atomic E-state index is -0.856. The van der Waals surface area contributed by atoms with E-state index in [0.29, 0.717) is 19.3 Å². The molecule has 5 nitrogen and oxygen atoms in total. The number of amides is 1. The van der Waals surface area contributed by atoms with E-state index in [0.717, 1.165) is 22.2 Å². The summed E-state index contributed by atoms with van der Waals surface area (Å²) in [5.41, 5.74) is 2.96. The van der Waals surface area contributed by atoms with Crippen LogP contribution < -0.4 is 5.32 Å². The van der Waals surface area contributed by atoms with Crippen molar-refractivity contribution >= 4 is 23.3 Å². The Morgan fingerprint density at radius 1 is 1.38 bits per heavy atom. The molecular weight excluding hydrogens is 268 g/mol. The molecule has 2 N–H and O–H groups in total. The predicted octanol–water partition coefficient (Wildman–Crippen LogP) is 2.07. The zero-order valence-corrected chi connectivity index (χ0v) is 11.9. The van der Waals surface area contributed by atoms with Gasteiger partial charge in [-0.05, 0) is 43.5 Å². The van der Waals surface area contributed by atoms with Crippen LogP contribution in [0, 0.1) is 6.92 Å². The first-order chi connectivity index (χ1) is 10.1. The van der Waals surface area contributed by atoms with Crippen molar-refractivity contribution in [3.05, 3.63) is 41.6 Å². The largest absolute Gasteiger partial charge is 0.481 e. The van der Waals surface area contributed by atoms with Crippen molar-refractivity contribution in [3.8, 4) is 0 Å². The van der Waals surface area contributed by atoms with Gasteiger partial charge in [0.15, 0.2) is 0 Å². The van der Waals surface area contributed by atoms with E-state index in [9.17, 15) is 9.59 Å². The van der Waals surface area contributed by atoms with Crippen LogP contribution in [0.2, 0.25) is 0 Å². The number of carboxylic acids is 1. The fraction of sp³-hybridized carbons (Fsp3) is 0.312. The van der Waals surface area contributed by atoms with Crippen molar-refractivity contribution < 1.29 is 14.7 Å². The topological polar surface area (TPSA) is 79.3 Å². The number of rotatable bonds is 7. The molecule has 0 aliphatic heterocycles. The molecule has 2 rings (SSSR count). The Hall–Kier alpha value is -2.43. The quantitative estimate of drug-likeness (QED) is 0.764. The molecular formula is C16H18N2O3. The molecule has 1 aromatic heterocycles. The lowest BCUT2D eigenvalue weighted by molar-refractivity contribution is -0.137. The lowest BCUT2D eigenvalue weighted by Gasteiger charge is -2.15. The number of aliphatic carboxylic acids is 1. The van der Waals surface area contributed by atoms with Gasteiger partial charge in [-0.1, -0.05) is 12.1 Å². The van der Waals surface area contributed by atoms with Crippen molar-refractivity contribution in [1.29, 1.82) is 0 Å². The molecule has 1 heterocycles. The first-order valence-corrected chi connectivity index (χ1v) is 6.86. The second-order valence-electron chi connectivity index (χ2n) is 5.10. The van der Waals surface area contributed by atoms with Crippen molar-refractivity contribution in [2.24, 2.45) is 0 Å². The number of aromatic nitrogens is 1. The molecule has 2 aromatic rings. The molecule has 1 unspecified atom stereocenters. The summed E-state index contributed by atoms with van der Waals surface area (Å²) in [6.07, 6.45) is 1.69. The van der Waals surface area contributed by atoms with Crippen LogP contribution in [0.1, 0.15) is 24.1 Å². The molecule has 0 fully saturated rings. The average molecular weight is 286 g/mol. The molecule has 1 atom stereocenters. The second kappa shape index (κ2) is 6.83. The number of hydrogen-bond acceptors (Lipinski definition) is 3. The number of aryl methyl sites for hydroxylation is 1. The van der Waals surface area contributed by atoms with Gasteiger partial charge in [0.2, 0.25) is 6.41 Å². The van der Waals surface area contributed by atoms with Crippen molar-refractivity contribution in [1.82, 2.24) is 10.3 Å². The second-order valence-corrected chi connectivity index (χ2v) is 5.10. The Kier molecular flexibility index (Phi) is 4.87. The molecule has 0 aliphatic carbocycles. The maximum atomic E-state index is 10.6. The molecule has 1 amide bonds. The Morgan fingerprint density at radius 2 is 2.19 bits per heavy atom. The molecule has 5 heteroatoms. The van der Waals surface area contributed by atoms with Crippen LogP contribution in [0.5, 0.6) is 0 Å². The number of carbonyl (C=O) groups excluding carboxylic acids is 1. The van der Waals surface area contributed by atoms with Gasteiger partial charge in [0, 0.05) is 23.5 Å². The highest BCUT2D eigenvalue weighted by molar-refractivity contribution is 5.79. The third-order valence-corrected chi connectivity index (χ3v) is 3.39. The van der Waals surface area contributed by atoms with Crippen LogP contribution in [-0.4, -0.2) is 28.5 Å². The van der Waals surface area contributed by atoms with E-state index in [1.54, 1.807) is 0 Å². The van der Waals surface area contributed by atoms with Gasteiger partial charge in [-0.15, -0.1) is 0 Å². The van der Waals surface area contributed by atoms with Crippen LogP contribution in [-0.2, 0) is 16.0 Å². The van der Waals surface area contributed by atoms with Gasteiger partial charge in [-0.25, -0.2) is 0 Å². The Bertz CT molecular complexity index is 655. The van der Waals surface area contributed by atoms with Crippen LogP contribution in [0.25, 0.3) is 10.9 Å². The standard InChI is InChI=1S/C16H18N2O3/c1-11-2-4-13-8-12(3-6-15(13)18-11)9-14(17-10-19)5-7-16(20)21/h2-4,6,8,10,14H,5,7,9H2,1H3,(H,17,19)(H,20,21). The molecule has 0 saturated carbocycles. The Labute approximate surface area is 123 Å². The highest BCUT2D eigenvalue weighted by Crippen LogP contribution is 2.17. The van der Waals surface area contributed by atoms with Gasteiger partial charge in [-0.3, -0.25) is 14.6 Å². The van der Waals surface area contributed by atoms with E-state index < -0.39 is 5.97 Å². The monoisotopic (exact) mass is 286 g/mol. The summed E-state index contributed by atoms with van der Waals surface area (Å²) in [5.74, 6) is -0.856. The van der Waals surface area contributed by atoms with Crippen molar-refractivity contribution in [3.63, 3.8) is 0 Å². The highest BCUT2D eigenvalue weighted by atomic mass is 16.4. The predicted molar refractivity (Wildman–Crippen MR) is 80.0 cm³/mol. The van der Waals surface area contributed by atoms with E-state index in [1.807, 2.05) is 37.3 Å². The number of pyridine rings is 1. The van der Waals surface area contributed by atoms with Gasteiger partial charge in [0.1, 0.15) is 0 Å². The molecule has 0 saturated heterocycles. The molecule has 0 aliphatic rings. The number of carboxylic acid groups (broad SMARTS) is 1. The highest BCUT2D eigenvalue weighted by Gasteiger charge is 2.11. The minimum Gasteiger partial charge on any atom is -0.481 e. The zero-order chi connectivity index (χ0) is 15.2. The third kappa shape index (κ3) is 4.27. The van der Waals surface area contributed by atoms with E-state index in [2.05, 4.69) is 10.3 Å². The molecule has 21 heavy (non-hydrogen) atoms.